The van der Waals surface area contributed by atoms with E-state index in [-0.39, 0.29) is 11.7 Å². The molecule has 21 heavy (non-hydrogen) atoms. The molecule has 0 aromatic heterocycles. The van der Waals surface area contributed by atoms with Crippen LogP contribution < -0.4 is 11.1 Å². The Bertz CT molecular complexity index is 694. The van der Waals surface area contributed by atoms with Gasteiger partial charge in [0.15, 0.2) is 0 Å². The number of phenolic OH excluding ortho intramolecular Hbond substituents is 1. The van der Waals surface area contributed by atoms with Crippen LogP contribution in [0.2, 0.25) is 0 Å². The summed E-state index contributed by atoms with van der Waals surface area (Å²) in [7, 11) is 0. The van der Waals surface area contributed by atoms with E-state index in [4.69, 9.17) is 5.73 Å². The number of carbonyl (C=O) groups is 1. The van der Waals surface area contributed by atoms with Crippen molar-refractivity contribution >= 4 is 16.7 Å². The maximum absolute atomic E-state index is 12.5. The summed E-state index contributed by atoms with van der Waals surface area (Å²) in [4.78, 5) is 12.5. The number of aromatic hydroxyl groups is 1. The van der Waals surface area contributed by atoms with Crippen LogP contribution in [0.4, 0.5) is 0 Å². The number of hydrogen-bond donors (Lipinski definition) is 3. The Hall–Kier alpha value is -2.07. The number of nitrogens with two attached hydrogens (primary N) is 1. The van der Waals surface area contributed by atoms with Gasteiger partial charge in [0, 0.05) is 11.9 Å². The molecule has 2 aromatic rings. The van der Waals surface area contributed by atoms with Gasteiger partial charge >= 0.3 is 0 Å². The van der Waals surface area contributed by atoms with Crippen molar-refractivity contribution in [2.24, 2.45) is 11.7 Å². The second-order valence-electron chi connectivity index (χ2n) is 6.03. The molecule has 3 rings (SSSR count). The van der Waals surface area contributed by atoms with Gasteiger partial charge in [-0.3, -0.25) is 4.79 Å². The molecule has 1 amide bonds. The van der Waals surface area contributed by atoms with Crippen molar-refractivity contribution in [2.45, 2.75) is 25.3 Å². The zero-order chi connectivity index (χ0) is 15.0. The standard InChI is InChI=1S/C17H20N2O2/c1-17(10-18,12-7-8-12)19-16(21)14-9-6-11-4-2-3-5-13(11)15(14)20/h2-6,9,12,20H,7-8,10,18H2,1H3,(H,19,21). The molecule has 4 heteroatoms. The van der Waals surface area contributed by atoms with Crippen molar-refractivity contribution in [1.29, 1.82) is 0 Å². The number of nitrogens with one attached hydrogen (secondary N) is 1. The van der Waals surface area contributed by atoms with Gasteiger partial charge in [0.05, 0.1) is 11.1 Å². The molecule has 4 nitrogen and oxygen atoms in total. The molecule has 1 atom stereocenters. The van der Waals surface area contributed by atoms with E-state index in [1.54, 1.807) is 6.07 Å². The number of benzene rings is 2. The third-order valence-corrected chi connectivity index (χ3v) is 4.45. The number of carbonyl (C=O) groups excluding carboxylic acids is 1. The lowest BCUT2D eigenvalue weighted by Crippen LogP contribution is -2.53. The first-order chi connectivity index (χ1) is 10.0. The van der Waals surface area contributed by atoms with E-state index in [1.165, 1.54) is 0 Å². The van der Waals surface area contributed by atoms with E-state index < -0.39 is 5.54 Å². The summed E-state index contributed by atoms with van der Waals surface area (Å²) in [5, 5.41) is 15.0. The zero-order valence-corrected chi connectivity index (χ0v) is 12.1. The second-order valence-corrected chi connectivity index (χ2v) is 6.03. The Balaban J connectivity index is 1.93. The van der Waals surface area contributed by atoms with Crippen molar-refractivity contribution in [3.05, 3.63) is 42.0 Å². The molecule has 1 unspecified atom stereocenters. The molecule has 0 saturated heterocycles. The van der Waals surface area contributed by atoms with E-state index >= 15 is 0 Å². The lowest BCUT2D eigenvalue weighted by Gasteiger charge is -2.29. The van der Waals surface area contributed by atoms with Gasteiger partial charge in [0.2, 0.25) is 0 Å². The van der Waals surface area contributed by atoms with E-state index in [2.05, 4.69) is 5.32 Å². The normalized spacial score (nSPS) is 17.4. The molecule has 110 valence electrons. The second kappa shape index (κ2) is 5.04. The molecule has 2 aromatic carbocycles. The molecule has 1 saturated carbocycles. The van der Waals surface area contributed by atoms with Gasteiger partial charge in [-0.15, -0.1) is 0 Å². The summed E-state index contributed by atoms with van der Waals surface area (Å²) >= 11 is 0. The first-order valence-corrected chi connectivity index (χ1v) is 7.28. The minimum atomic E-state index is -0.394. The van der Waals surface area contributed by atoms with Crippen LogP contribution in [0.25, 0.3) is 10.8 Å². The molecule has 0 radical (unpaired) electrons. The minimum absolute atomic E-state index is 0.0285. The van der Waals surface area contributed by atoms with Crippen LogP contribution >= 0.6 is 0 Å². The van der Waals surface area contributed by atoms with Gasteiger partial charge in [0.25, 0.3) is 5.91 Å². The molecule has 1 aliphatic rings. The fraction of sp³-hybridized carbons (Fsp3) is 0.353. The molecule has 1 aliphatic carbocycles. The SMILES string of the molecule is CC(CN)(NC(=O)c1ccc2ccccc2c1O)C1CC1. The van der Waals surface area contributed by atoms with Crippen LogP contribution in [0.15, 0.2) is 36.4 Å². The Kier molecular flexibility index (Phi) is 3.33. The highest BCUT2D eigenvalue weighted by Crippen LogP contribution is 2.39. The lowest BCUT2D eigenvalue weighted by atomic mass is 9.95. The van der Waals surface area contributed by atoms with Crippen LogP contribution in [0, 0.1) is 5.92 Å². The van der Waals surface area contributed by atoms with Gasteiger partial charge < -0.3 is 16.2 Å². The first-order valence-electron chi connectivity index (χ1n) is 7.28. The minimum Gasteiger partial charge on any atom is -0.506 e. The Morgan fingerprint density at radius 3 is 2.71 bits per heavy atom. The number of phenols is 1. The highest BCUT2D eigenvalue weighted by molar-refractivity contribution is 6.03. The Morgan fingerprint density at radius 2 is 2.05 bits per heavy atom. The zero-order valence-electron chi connectivity index (χ0n) is 12.1. The van der Waals surface area contributed by atoms with Crippen LogP contribution in [0.1, 0.15) is 30.1 Å². The molecule has 0 aliphatic heterocycles. The average molecular weight is 284 g/mol. The number of amides is 1. The summed E-state index contributed by atoms with van der Waals surface area (Å²) in [6.45, 7) is 2.37. The molecule has 0 heterocycles. The molecule has 0 spiro atoms. The van der Waals surface area contributed by atoms with Crippen LogP contribution in [0.5, 0.6) is 5.75 Å². The highest BCUT2D eigenvalue weighted by atomic mass is 16.3. The van der Waals surface area contributed by atoms with Gasteiger partial charge in [-0.05, 0) is 37.1 Å². The monoisotopic (exact) mass is 284 g/mol. The van der Waals surface area contributed by atoms with Crippen molar-refractivity contribution in [2.75, 3.05) is 6.54 Å². The van der Waals surface area contributed by atoms with Crippen molar-refractivity contribution in [1.82, 2.24) is 5.32 Å². The van der Waals surface area contributed by atoms with Gasteiger partial charge in [-0.25, -0.2) is 0 Å². The summed E-state index contributed by atoms with van der Waals surface area (Å²) in [5.41, 5.74) is 5.73. The summed E-state index contributed by atoms with van der Waals surface area (Å²) < 4.78 is 0. The maximum atomic E-state index is 12.5. The first kappa shape index (κ1) is 13.9. The molecular weight excluding hydrogens is 264 g/mol. The third kappa shape index (κ3) is 2.47. The smallest absolute Gasteiger partial charge is 0.255 e. The van der Waals surface area contributed by atoms with Crippen LogP contribution in [0.3, 0.4) is 0 Å². The third-order valence-electron chi connectivity index (χ3n) is 4.45. The quantitative estimate of drug-likeness (QED) is 0.807. The van der Waals surface area contributed by atoms with Crippen LogP contribution in [-0.2, 0) is 0 Å². The van der Waals surface area contributed by atoms with Crippen molar-refractivity contribution in [3.8, 4) is 5.75 Å². The van der Waals surface area contributed by atoms with Gasteiger partial charge in [-0.1, -0.05) is 30.3 Å². The average Bonchev–Trinajstić information content (AvgIpc) is 3.32. The van der Waals surface area contributed by atoms with E-state index in [0.29, 0.717) is 23.4 Å². The van der Waals surface area contributed by atoms with E-state index in [0.717, 1.165) is 18.2 Å². The highest BCUT2D eigenvalue weighted by Gasteiger charge is 2.41. The Labute approximate surface area is 124 Å². The summed E-state index contributed by atoms with van der Waals surface area (Å²) in [6, 6.07) is 11.0. The maximum Gasteiger partial charge on any atom is 0.255 e. The van der Waals surface area contributed by atoms with Gasteiger partial charge in [-0.2, -0.15) is 0 Å². The predicted octanol–water partition coefficient (Wildman–Crippen LogP) is 2.40. The number of fused-ring (bicyclic) bond motifs is 1. The molecule has 4 N–H and O–H groups in total. The predicted molar refractivity (Wildman–Crippen MR) is 83.3 cm³/mol. The number of hydrogen-bond acceptors (Lipinski definition) is 3. The van der Waals surface area contributed by atoms with Crippen molar-refractivity contribution < 1.29 is 9.90 Å². The fourth-order valence-corrected chi connectivity index (χ4v) is 2.81. The van der Waals surface area contributed by atoms with E-state index in [9.17, 15) is 9.90 Å². The summed E-state index contributed by atoms with van der Waals surface area (Å²) in [6.07, 6.45) is 2.19. The molecular formula is C17H20N2O2. The van der Waals surface area contributed by atoms with Gasteiger partial charge in [0.1, 0.15) is 5.75 Å². The lowest BCUT2D eigenvalue weighted by molar-refractivity contribution is 0.0895. The topological polar surface area (TPSA) is 75.3 Å². The van der Waals surface area contributed by atoms with E-state index in [1.807, 2.05) is 37.3 Å². The van der Waals surface area contributed by atoms with Crippen LogP contribution in [-0.4, -0.2) is 23.1 Å². The van der Waals surface area contributed by atoms with Crippen molar-refractivity contribution in [3.63, 3.8) is 0 Å². The molecule has 0 bridgehead atoms. The largest absolute Gasteiger partial charge is 0.506 e. The summed E-state index contributed by atoms with van der Waals surface area (Å²) in [5.74, 6) is 0.202. The number of rotatable bonds is 4. The molecule has 1 fully saturated rings. The Morgan fingerprint density at radius 1 is 1.33 bits per heavy atom. The fourth-order valence-electron chi connectivity index (χ4n) is 2.81.